The summed E-state index contributed by atoms with van der Waals surface area (Å²) >= 11 is 0. The molecule has 2 atom stereocenters. The molecule has 0 aliphatic carbocycles. The fourth-order valence-electron chi connectivity index (χ4n) is 5.90. The van der Waals surface area contributed by atoms with Gasteiger partial charge in [0.05, 0.1) is 12.6 Å². The quantitative estimate of drug-likeness (QED) is 0.687. The number of likely N-dealkylation sites (tertiary alicyclic amines) is 2. The van der Waals surface area contributed by atoms with Gasteiger partial charge in [0.2, 0.25) is 0 Å². The Balaban J connectivity index is 1.16. The van der Waals surface area contributed by atoms with Crippen molar-refractivity contribution in [1.82, 2.24) is 20.0 Å². The Bertz CT molecular complexity index is 803. The maximum absolute atomic E-state index is 13.5. The molecule has 32 heavy (non-hydrogen) atoms. The predicted molar refractivity (Wildman–Crippen MR) is 122 cm³/mol. The molecule has 4 aliphatic rings. The third kappa shape index (κ3) is 4.56. The molecule has 4 aliphatic heterocycles. The SMILES string of the molecule is O=C1NC2(CCN(CCc3ccccc3)CC2)C(=O)N1[C@H]1CCCN(C[C@H]2CCOC2)C1. The van der Waals surface area contributed by atoms with Crippen LogP contribution in [0.1, 0.15) is 37.7 Å². The smallest absolute Gasteiger partial charge is 0.325 e. The first-order valence-electron chi connectivity index (χ1n) is 12.4. The van der Waals surface area contributed by atoms with E-state index >= 15 is 0 Å². The summed E-state index contributed by atoms with van der Waals surface area (Å²) in [7, 11) is 0. The summed E-state index contributed by atoms with van der Waals surface area (Å²) < 4.78 is 5.53. The third-order valence-electron chi connectivity index (χ3n) is 7.85. The van der Waals surface area contributed by atoms with Crippen molar-refractivity contribution in [2.75, 3.05) is 52.5 Å². The fraction of sp³-hybridized carbons (Fsp3) is 0.680. The van der Waals surface area contributed by atoms with E-state index in [0.717, 1.165) is 78.2 Å². The zero-order chi connectivity index (χ0) is 22.0. The minimum Gasteiger partial charge on any atom is -0.381 e. The molecule has 1 N–H and O–H groups in total. The molecule has 174 valence electrons. The third-order valence-corrected chi connectivity index (χ3v) is 7.85. The summed E-state index contributed by atoms with van der Waals surface area (Å²) in [5, 5.41) is 3.12. The standard InChI is InChI=1S/C25H36N4O3/c30-23-25(10-14-27(15-11-25)13-8-20-5-2-1-3-6-20)26-24(31)29(23)22-7-4-12-28(18-22)17-21-9-16-32-19-21/h1-3,5-6,21-22H,4,7-19H2,(H,26,31)/t21-,22+/m1/s1. The van der Waals surface area contributed by atoms with E-state index in [2.05, 4.69) is 39.4 Å². The monoisotopic (exact) mass is 440 g/mol. The van der Waals surface area contributed by atoms with Crippen molar-refractivity contribution in [3.05, 3.63) is 35.9 Å². The van der Waals surface area contributed by atoms with E-state index in [9.17, 15) is 9.59 Å². The Morgan fingerprint density at radius 2 is 1.84 bits per heavy atom. The number of piperidine rings is 2. The highest BCUT2D eigenvalue weighted by atomic mass is 16.5. The van der Waals surface area contributed by atoms with Gasteiger partial charge in [-0.15, -0.1) is 0 Å². The zero-order valence-corrected chi connectivity index (χ0v) is 19.0. The van der Waals surface area contributed by atoms with Gasteiger partial charge in [-0.3, -0.25) is 9.69 Å². The average Bonchev–Trinajstić information content (AvgIpc) is 3.40. The van der Waals surface area contributed by atoms with Crippen LogP contribution in [0, 0.1) is 5.92 Å². The molecule has 1 aromatic carbocycles. The molecular formula is C25H36N4O3. The number of urea groups is 1. The highest BCUT2D eigenvalue weighted by Gasteiger charge is 2.54. The van der Waals surface area contributed by atoms with Crippen LogP contribution in [0.25, 0.3) is 0 Å². The van der Waals surface area contributed by atoms with Crippen molar-refractivity contribution >= 4 is 11.9 Å². The van der Waals surface area contributed by atoms with Crippen molar-refractivity contribution in [3.63, 3.8) is 0 Å². The number of benzene rings is 1. The van der Waals surface area contributed by atoms with E-state index in [1.165, 1.54) is 5.56 Å². The van der Waals surface area contributed by atoms with Crippen molar-refractivity contribution in [2.24, 2.45) is 5.92 Å². The summed E-state index contributed by atoms with van der Waals surface area (Å²) in [4.78, 5) is 32.9. The number of nitrogens with one attached hydrogen (secondary N) is 1. The summed E-state index contributed by atoms with van der Waals surface area (Å²) in [6, 6.07) is 10.3. The lowest BCUT2D eigenvalue weighted by Gasteiger charge is -2.39. The summed E-state index contributed by atoms with van der Waals surface area (Å²) in [5.41, 5.74) is 0.650. The normalized spacial score (nSPS) is 29.1. The molecule has 4 fully saturated rings. The van der Waals surface area contributed by atoms with Gasteiger partial charge in [0, 0.05) is 39.3 Å². The van der Waals surface area contributed by atoms with E-state index in [1.54, 1.807) is 4.90 Å². The lowest BCUT2D eigenvalue weighted by molar-refractivity contribution is -0.135. The second kappa shape index (κ2) is 9.49. The summed E-state index contributed by atoms with van der Waals surface area (Å²) in [6.07, 6.45) is 5.50. The number of nitrogens with zero attached hydrogens (tertiary/aromatic N) is 3. The number of amides is 3. The Labute approximate surface area is 191 Å². The Kier molecular flexibility index (Phi) is 6.49. The molecule has 0 bridgehead atoms. The molecule has 0 radical (unpaired) electrons. The average molecular weight is 441 g/mol. The van der Waals surface area contributed by atoms with Crippen molar-refractivity contribution in [1.29, 1.82) is 0 Å². The first kappa shape index (κ1) is 21.9. The van der Waals surface area contributed by atoms with Crippen LogP contribution in [0.4, 0.5) is 4.79 Å². The van der Waals surface area contributed by atoms with Gasteiger partial charge >= 0.3 is 6.03 Å². The molecule has 4 heterocycles. The van der Waals surface area contributed by atoms with E-state index in [4.69, 9.17) is 4.74 Å². The minimum absolute atomic E-state index is 0.00550. The van der Waals surface area contributed by atoms with Crippen LogP contribution in [-0.4, -0.2) is 90.7 Å². The summed E-state index contributed by atoms with van der Waals surface area (Å²) in [5.74, 6) is 0.602. The molecule has 3 amide bonds. The number of imide groups is 1. The van der Waals surface area contributed by atoms with Gasteiger partial charge < -0.3 is 19.9 Å². The van der Waals surface area contributed by atoms with E-state index < -0.39 is 5.54 Å². The van der Waals surface area contributed by atoms with Gasteiger partial charge in [-0.2, -0.15) is 0 Å². The first-order valence-corrected chi connectivity index (χ1v) is 12.4. The van der Waals surface area contributed by atoms with Crippen molar-refractivity contribution < 1.29 is 14.3 Å². The van der Waals surface area contributed by atoms with E-state index in [1.807, 2.05) is 6.07 Å². The van der Waals surface area contributed by atoms with Crippen LogP contribution < -0.4 is 5.32 Å². The zero-order valence-electron chi connectivity index (χ0n) is 19.0. The Morgan fingerprint density at radius 3 is 2.59 bits per heavy atom. The number of ether oxygens (including phenoxy) is 1. The Morgan fingerprint density at radius 1 is 1.03 bits per heavy atom. The van der Waals surface area contributed by atoms with Crippen LogP contribution in [0.2, 0.25) is 0 Å². The summed E-state index contributed by atoms with van der Waals surface area (Å²) in [6.45, 7) is 7.27. The van der Waals surface area contributed by atoms with Crippen LogP contribution in [0.15, 0.2) is 30.3 Å². The van der Waals surface area contributed by atoms with Crippen LogP contribution >= 0.6 is 0 Å². The number of carbonyl (C=O) groups excluding carboxylic acids is 2. The van der Waals surface area contributed by atoms with Gasteiger partial charge in [0.1, 0.15) is 5.54 Å². The molecule has 5 rings (SSSR count). The number of rotatable bonds is 6. The van der Waals surface area contributed by atoms with Gasteiger partial charge in [-0.25, -0.2) is 4.79 Å². The first-order chi connectivity index (χ1) is 15.6. The lowest BCUT2D eigenvalue weighted by Crippen LogP contribution is -2.56. The molecular weight excluding hydrogens is 404 g/mol. The largest absolute Gasteiger partial charge is 0.381 e. The Hall–Kier alpha value is -1.96. The number of carbonyl (C=O) groups is 2. The van der Waals surface area contributed by atoms with Gasteiger partial charge in [-0.05, 0) is 56.6 Å². The maximum atomic E-state index is 13.5. The van der Waals surface area contributed by atoms with Gasteiger partial charge in [0.15, 0.2) is 0 Å². The topological polar surface area (TPSA) is 65.1 Å². The van der Waals surface area contributed by atoms with Crippen LogP contribution in [-0.2, 0) is 16.0 Å². The van der Waals surface area contributed by atoms with Crippen molar-refractivity contribution in [3.8, 4) is 0 Å². The van der Waals surface area contributed by atoms with Crippen LogP contribution in [0.5, 0.6) is 0 Å². The fourth-order valence-corrected chi connectivity index (χ4v) is 5.90. The second-order valence-corrected chi connectivity index (χ2v) is 10.0. The molecule has 1 aromatic rings. The maximum Gasteiger partial charge on any atom is 0.325 e. The minimum atomic E-state index is -0.693. The van der Waals surface area contributed by atoms with Gasteiger partial charge in [-0.1, -0.05) is 30.3 Å². The van der Waals surface area contributed by atoms with Gasteiger partial charge in [0.25, 0.3) is 5.91 Å². The molecule has 0 unspecified atom stereocenters. The van der Waals surface area contributed by atoms with E-state index in [0.29, 0.717) is 18.8 Å². The molecule has 0 aromatic heterocycles. The molecule has 4 saturated heterocycles. The molecule has 0 saturated carbocycles. The molecule has 7 nitrogen and oxygen atoms in total. The second-order valence-electron chi connectivity index (χ2n) is 10.0. The highest BCUT2D eigenvalue weighted by molar-refractivity contribution is 6.07. The van der Waals surface area contributed by atoms with Crippen LogP contribution in [0.3, 0.4) is 0 Å². The highest BCUT2D eigenvalue weighted by Crippen LogP contribution is 2.32. The van der Waals surface area contributed by atoms with E-state index in [-0.39, 0.29) is 18.0 Å². The predicted octanol–water partition coefficient (Wildman–Crippen LogP) is 2.12. The molecule has 7 heteroatoms. The lowest BCUT2D eigenvalue weighted by atomic mass is 9.87. The van der Waals surface area contributed by atoms with Crippen molar-refractivity contribution in [2.45, 2.75) is 50.1 Å². The number of hydrogen-bond donors (Lipinski definition) is 1. The molecule has 1 spiro atoms. The number of hydrogen-bond acceptors (Lipinski definition) is 5.